The van der Waals surface area contributed by atoms with Gasteiger partial charge in [0.25, 0.3) is 0 Å². The van der Waals surface area contributed by atoms with Crippen LogP contribution in [0.5, 0.6) is 0 Å². The van der Waals surface area contributed by atoms with Gasteiger partial charge in [0, 0.05) is 82.4 Å². The lowest BCUT2D eigenvalue weighted by Gasteiger charge is -2.35. The van der Waals surface area contributed by atoms with Crippen molar-refractivity contribution >= 4 is 46.5 Å². The van der Waals surface area contributed by atoms with Crippen LogP contribution in [0.3, 0.4) is 0 Å². The molecule has 9 rings (SSSR count). The molecular formula is C48H45N13O. The second-order valence-corrected chi connectivity index (χ2v) is 14.5. The maximum atomic E-state index is 12.8. The number of aromatic nitrogens is 8. The molecule has 62 heavy (non-hydrogen) atoms. The van der Waals surface area contributed by atoms with Gasteiger partial charge in [-0.2, -0.15) is 9.97 Å². The molecule has 0 bridgehead atoms. The van der Waals surface area contributed by atoms with E-state index in [-0.39, 0.29) is 11.5 Å². The van der Waals surface area contributed by atoms with Crippen molar-refractivity contribution in [3.8, 4) is 11.4 Å². The Hall–Kier alpha value is -8.13. The molecule has 6 heterocycles. The molecule has 1 saturated heterocycles. The van der Waals surface area contributed by atoms with Gasteiger partial charge < -0.3 is 25.3 Å². The van der Waals surface area contributed by atoms with Crippen molar-refractivity contribution in [3.63, 3.8) is 0 Å². The van der Waals surface area contributed by atoms with E-state index in [9.17, 15) is 4.79 Å². The summed E-state index contributed by atoms with van der Waals surface area (Å²) in [5.74, 6) is 3.99. The predicted molar refractivity (Wildman–Crippen MR) is 244 cm³/mol. The average Bonchev–Trinajstić information content (AvgIpc) is 3.33. The second kappa shape index (κ2) is 19.7. The van der Waals surface area contributed by atoms with Gasteiger partial charge in [-0.25, -0.2) is 19.9 Å². The van der Waals surface area contributed by atoms with Crippen molar-refractivity contribution < 1.29 is 4.79 Å². The summed E-state index contributed by atoms with van der Waals surface area (Å²) in [5.41, 5.74) is 5.64. The summed E-state index contributed by atoms with van der Waals surface area (Å²) in [6, 6.07) is 41.5. The van der Waals surface area contributed by atoms with Gasteiger partial charge in [-0.3, -0.25) is 14.8 Å². The Balaban J connectivity index is 0.000000176. The van der Waals surface area contributed by atoms with Gasteiger partial charge in [0.1, 0.15) is 23.1 Å². The van der Waals surface area contributed by atoms with Crippen LogP contribution in [0, 0.1) is 0 Å². The van der Waals surface area contributed by atoms with Crippen LogP contribution in [0.15, 0.2) is 165 Å². The number of benzene rings is 3. The highest BCUT2D eigenvalue weighted by Crippen LogP contribution is 2.27. The molecule has 308 valence electrons. The van der Waals surface area contributed by atoms with Gasteiger partial charge in [0.05, 0.1) is 18.1 Å². The molecule has 5 aromatic heterocycles. The highest BCUT2D eigenvalue weighted by molar-refractivity contribution is 6.10. The third kappa shape index (κ3) is 10.4. The summed E-state index contributed by atoms with van der Waals surface area (Å²) >= 11 is 0. The molecule has 14 heteroatoms. The summed E-state index contributed by atoms with van der Waals surface area (Å²) < 4.78 is 0. The zero-order chi connectivity index (χ0) is 42.5. The Morgan fingerprint density at radius 2 is 1.31 bits per heavy atom. The molecule has 0 aliphatic carbocycles. The van der Waals surface area contributed by atoms with Gasteiger partial charge >= 0.3 is 0 Å². The minimum absolute atomic E-state index is 0.216. The molecule has 0 spiro atoms. The van der Waals surface area contributed by atoms with E-state index in [1.807, 2.05) is 67.7 Å². The molecule has 14 nitrogen and oxygen atoms in total. The first-order chi connectivity index (χ1) is 30.5. The first-order valence-corrected chi connectivity index (χ1v) is 20.2. The number of pyridine rings is 2. The van der Waals surface area contributed by atoms with E-state index in [1.54, 1.807) is 42.9 Å². The number of piperazine rings is 1. The first kappa shape index (κ1) is 40.6. The summed E-state index contributed by atoms with van der Waals surface area (Å²) in [6.45, 7) is 3.46. The molecule has 0 unspecified atom stereocenters. The van der Waals surface area contributed by atoms with Gasteiger partial charge in [-0.05, 0) is 47.9 Å². The molecule has 8 aromatic rings. The number of carbonyl (C=O) groups excluding carboxylic acids is 1. The maximum Gasteiger partial charge on any atom is 0.229 e. The number of carbonyl (C=O) groups is 1. The third-order valence-electron chi connectivity index (χ3n) is 9.97. The number of anilines is 7. The Labute approximate surface area is 360 Å². The Morgan fingerprint density at radius 3 is 2.05 bits per heavy atom. The van der Waals surface area contributed by atoms with E-state index >= 15 is 0 Å². The zero-order valence-corrected chi connectivity index (χ0v) is 34.5. The number of rotatable bonds is 12. The molecule has 0 radical (unpaired) electrons. The van der Waals surface area contributed by atoms with Gasteiger partial charge in [0.15, 0.2) is 17.3 Å². The largest absolute Gasteiger partial charge is 0.363 e. The molecule has 1 aliphatic rings. The number of para-hydroxylation sites is 1. The third-order valence-corrected chi connectivity index (χ3v) is 9.97. The summed E-state index contributed by atoms with van der Waals surface area (Å²) in [5, 5.41) is 6.61. The fourth-order valence-corrected chi connectivity index (χ4v) is 6.79. The van der Waals surface area contributed by atoms with Crippen LogP contribution < -0.4 is 25.3 Å². The van der Waals surface area contributed by atoms with Gasteiger partial charge in [0.2, 0.25) is 11.7 Å². The number of nitrogens with zero attached hydrogens (tertiary/aromatic N) is 11. The fourth-order valence-electron chi connectivity index (χ4n) is 6.79. The molecule has 1 fully saturated rings. The van der Waals surface area contributed by atoms with E-state index in [0.29, 0.717) is 28.6 Å². The molecule has 0 atom stereocenters. The van der Waals surface area contributed by atoms with Crippen LogP contribution in [0.25, 0.3) is 11.4 Å². The van der Waals surface area contributed by atoms with Crippen molar-refractivity contribution in [1.29, 1.82) is 0 Å². The summed E-state index contributed by atoms with van der Waals surface area (Å²) in [6.07, 6.45) is 10.6. The molecule has 3 aromatic carbocycles. The number of hydrogen-bond acceptors (Lipinski definition) is 14. The van der Waals surface area contributed by atoms with Crippen LogP contribution in [0.2, 0.25) is 0 Å². The number of nitrogens with one attached hydrogen (secondary N) is 2. The van der Waals surface area contributed by atoms with Crippen LogP contribution in [0.4, 0.5) is 40.7 Å². The van der Waals surface area contributed by atoms with Crippen molar-refractivity contribution in [2.24, 2.45) is 0 Å². The normalized spacial score (nSPS) is 12.2. The molecule has 0 amide bonds. The van der Waals surface area contributed by atoms with Crippen molar-refractivity contribution in [2.45, 2.75) is 6.42 Å². The minimum atomic E-state index is -0.222. The highest BCUT2D eigenvalue weighted by Gasteiger charge is 2.22. The van der Waals surface area contributed by atoms with Crippen LogP contribution in [-0.2, 0) is 6.42 Å². The minimum Gasteiger partial charge on any atom is -0.363 e. The van der Waals surface area contributed by atoms with E-state index in [0.717, 1.165) is 61.7 Å². The van der Waals surface area contributed by atoms with Crippen LogP contribution >= 0.6 is 0 Å². The quantitative estimate of drug-likeness (QED) is 0.115. The van der Waals surface area contributed by atoms with Gasteiger partial charge in [-0.15, -0.1) is 0 Å². The van der Waals surface area contributed by atoms with Gasteiger partial charge in [-0.1, -0.05) is 91.0 Å². The molecular weight excluding hydrogens is 775 g/mol. The lowest BCUT2D eigenvalue weighted by Crippen LogP contribution is -2.47. The van der Waals surface area contributed by atoms with E-state index < -0.39 is 0 Å². The molecule has 0 saturated carbocycles. The zero-order valence-electron chi connectivity index (χ0n) is 34.5. The second-order valence-electron chi connectivity index (χ2n) is 14.5. The van der Waals surface area contributed by atoms with Crippen LogP contribution in [-0.4, -0.2) is 85.9 Å². The number of hydrogen-bond donors (Lipinski definition) is 2. The Kier molecular flexibility index (Phi) is 12.9. The Morgan fingerprint density at radius 1 is 0.613 bits per heavy atom. The topological polar surface area (TPSA) is 154 Å². The van der Waals surface area contributed by atoms with E-state index in [2.05, 4.69) is 111 Å². The maximum absolute atomic E-state index is 12.8. The first-order valence-electron chi connectivity index (χ1n) is 20.2. The number of ketones is 1. The molecule has 2 N–H and O–H groups in total. The molecule has 1 aliphatic heterocycles. The standard InChI is InChI=1S/C28H31N7.C20H14N6O/c1-33(2)27-21-25(30-24-13-7-6-12-23(24)20-22-10-4-3-5-11-22)31-28(32-27)35-18-16-34(17-19-35)26-14-8-9-15-29-26;27-19(14-6-2-1-3-7-14)18-20(24-11-10-23-18)26-17-13-21-12-16(25-17)15-8-4-5-9-22-15/h3-15,21H,16-20H2,1-2H3,(H,30,31,32);1-13H,(H,24,25,26). The monoisotopic (exact) mass is 819 g/mol. The van der Waals surface area contributed by atoms with Crippen molar-refractivity contribution in [3.05, 3.63) is 187 Å². The van der Waals surface area contributed by atoms with Crippen molar-refractivity contribution in [1.82, 2.24) is 39.9 Å². The fraction of sp³-hybridized carbons (Fsp3) is 0.146. The average molecular weight is 820 g/mol. The van der Waals surface area contributed by atoms with Crippen LogP contribution in [0.1, 0.15) is 27.2 Å². The van der Waals surface area contributed by atoms with Crippen molar-refractivity contribution in [2.75, 3.05) is 65.6 Å². The highest BCUT2D eigenvalue weighted by atomic mass is 16.1. The lowest BCUT2D eigenvalue weighted by atomic mass is 10.0. The lowest BCUT2D eigenvalue weighted by molar-refractivity contribution is 0.103. The SMILES string of the molecule is CN(C)c1cc(Nc2ccccc2Cc2ccccc2)nc(N2CCN(c3ccccn3)CC2)n1.O=C(c1ccccc1)c1nccnc1Nc1cncc(-c2ccccn2)n1. The van der Waals surface area contributed by atoms with E-state index in [1.165, 1.54) is 23.5 Å². The smallest absolute Gasteiger partial charge is 0.229 e. The Bertz CT molecular complexity index is 2680. The predicted octanol–water partition coefficient (Wildman–Crippen LogP) is 7.90. The van der Waals surface area contributed by atoms with E-state index in [4.69, 9.17) is 9.97 Å². The summed E-state index contributed by atoms with van der Waals surface area (Å²) in [4.78, 5) is 55.0. The summed E-state index contributed by atoms with van der Waals surface area (Å²) in [7, 11) is 4.02.